The first-order valence-electron chi connectivity index (χ1n) is 9.95. The molecule has 1 aromatic rings. The average Bonchev–Trinajstić information content (AvgIpc) is 2.60. The van der Waals surface area contributed by atoms with Crippen molar-refractivity contribution < 1.29 is 14.3 Å². The third-order valence-corrected chi connectivity index (χ3v) is 6.52. The molecule has 0 unspecified atom stereocenters. The molecule has 27 heavy (non-hydrogen) atoms. The molecule has 3 saturated carbocycles. The van der Waals surface area contributed by atoms with E-state index in [0.717, 1.165) is 11.1 Å². The smallest absolute Gasteiger partial charge is 0.327 e. The number of aromatic nitrogens is 2. The van der Waals surface area contributed by atoms with Gasteiger partial charge in [-0.3, -0.25) is 9.59 Å². The number of ether oxygens (including phenoxy) is 2. The Morgan fingerprint density at radius 3 is 2.67 bits per heavy atom. The molecular formula is C20H31N3O4. The minimum atomic E-state index is -0.488. The van der Waals surface area contributed by atoms with E-state index >= 15 is 0 Å². The van der Waals surface area contributed by atoms with Crippen molar-refractivity contribution in [1.29, 1.82) is 0 Å². The Bertz CT molecular complexity index is 758. The van der Waals surface area contributed by atoms with Crippen LogP contribution in [0.3, 0.4) is 0 Å². The van der Waals surface area contributed by atoms with Crippen LogP contribution in [-0.2, 0) is 16.1 Å². The van der Waals surface area contributed by atoms with E-state index in [9.17, 15) is 9.59 Å². The molecule has 3 fully saturated rings. The highest BCUT2D eigenvalue weighted by molar-refractivity contribution is 5.69. The van der Waals surface area contributed by atoms with Crippen LogP contribution in [0.15, 0.2) is 10.9 Å². The molecule has 1 aromatic heterocycles. The number of esters is 1. The maximum Gasteiger partial charge on any atom is 0.327 e. The van der Waals surface area contributed by atoms with Crippen molar-refractivity contribution in [2.24, 2.45) is 23.2 Å². The van der Waals surface area contributed by atoms with Gasteiger partial charge in [-0.2, -0.15) is 0 Å². The lowest BCUT2D eigenvalue weighted by Crippen LogP contribution is -2.58. The van der Waals surface area contributed by atoms with Gasteiger partial charge in [0.1, 0.15) is 12.2 Å². The number of carbonyl (C=O) groups excluding carboxylic acids is 1. The fourth-order valence-electron chi connectivity index (χ4n) is 4.80. The van der Waals surface area contributed by atoms with Gasteiger partial charge in [-0.15, -0.1) is 5.10 Å². The summed E-state index contributed by atoms with van der Waals surface area (Å²) in [6.45, 7) is 11.1. The monoisotopic (exact) mass is 377 g/mol. The van der Waals surface area contributed by atoms with Gasteiger partial charge in [0, 0.05) is 12.1 Å². The van der Waals surface area contributed by atoms with Crippen LogP contribution in [-0.4, -0.2) is 35.0 Å². The molecule has 3 aliphatic carbocycles. The molecule has 150 valence electrons. The molecule has 7 nitrogen and oxygen atoms in total. The van der Waals surface area contributed by atoms with Crippen molar-refractivity contribution in [3.63, 3.8) is 0 Å². The van der Waals surface area contributed by atoms with E-state index in [2.05, 4.69) is 31.2 Å². The van der Waals surface area contributed by atoms with Gasteiger partial charge >= 0.3 is 5.97 Å². The Hall–Kier alpha value is -2.05. The normalized spacial score (nSPS) is 28.2. The lowest BCUT2D eigenvalue weighted by Gasteiger charge is -2.62. The van der Waals surface area contributed by atoms with E-state index in [-0.39, 0.29) is 18.7 Å². The minimum Gasteiger partial charge on any atom is -0.475 e. The fraction of sp³-hybridized carbons (Fsp3) is 0.750. The summed E-state index contributed by atoms with van der Waals surface area (Å²) in [6, 6.07) is 1.78. The number of rotatable bonds is 7. The van der Waals surface area contributed by atoms with Crippen molar-refractivity contribution in [2.45, 2.75) is 60.0 Å². The van der Waals surface area contributed by atoms with Gasteiger partial charge in [-0.25, -0.2) is 4.68 Å². The Labute approximate surface area is 160 Å². The second-order valence-electron chi connectivity index (χ2n) is 8.30. The largest absolute Gasteiger partial charge is 0.475 e. The number of carbonyl (C=O) groups is 1. The summed E-state index contributed by atoms with van der Waals surface area (Å²) in [5.74, 6) is 1.79. The van der Waals surface area contributed by atoms with Crippen LogP contribution in [0.1, 0.15) is 47.5 Å². The van der Waals surface area contributed by atoms with E-state index in [1.165, 1.54) is 12.5 Å². The average molecular weight is 377 g/mol. The van der Waals surface area contributed by atoms with E-state index in [1.54, 1.807) is 6.92 Å². The summed E-state index contributed by atoms with van der Waals surface area (Å²) < 4.78 is 11.6. The van der Waals surface area contributed by atoms with Gasteiger partial charge in [0.2, 0.25) is 0 Å². The van der Waals surface area contributed by atoms with Gasteiger partial charge in [0.15, 0.2) is 0 Å². The molecule has 4 rings (SSSR count). The quantitative estimate of drug-likeness (QED) is 0.736. The van der Waals surface area contributed by atoms with Crippen LogP contribution in [0.2, 0.25) is 0 Å². The third-order valence-electron chi connectivity index (χ3n) is 6.52. The Balaban J connectivity index is 1.80. The summed E-state index contributed by atoms with van der Waals surface area (Å²) in [5.41, 5.74) is 0.669. The van der Waals surface area contributed by atoms with Crippen LogP contribution < -0.4 is 15.6 Å². The molecule has 2 bridgehead atoms. The van der Waals surface area contributed by atoms with Crippen LogP contribution in [0.4, 0.5) is 5.69 Å². The standard InChI is InChI=1S/C20H31N3O4/c1-6-26-18(25)11-23-17(24)10-16(19(22-23)27-7-2)21-15-9-13-8-14(12(15)3)20(13,4)5/h10,12-15,21H,6-9,11H2,1-5H3/t12-,13+,14-,15-/m1/s1. The predicted octanol–water partition coefficient (Wildman–Crippen LogP) is 2.69. The molecule has 1 N–H and O–H groups in total. The highest BCUT2D eigenvalue weighted by Gasteiger charge is 2.56. The maximum atomic E-state index is 12.4. The van der Waals surface area contributed by atoms with Gasteiger partial charge in [0.05, 0.1) is 13.2 Å². The molecule has 0 aromatic carbocycles. The number of fused-ring (bicyclic) bond motifs is 2. The summed E-state index contributed by atoms with van der Waals surface area (Å²) >= 11 is 0. The summed E-state index contributed by atoms with van der Waals surface area (Å²) in [4.78, 5) is 24.1. The molecule has 3 aliphatic rings. The molecule has 0 amide bonds. The Kier molecular flexibility index (Phi) is 5.49. The Morgan fingerprint density at radius 2 is 2.07 bits per heavy atom. The molecule has 0 aliphatic heterocycles. The third kappa shape index (κ3) is 3.69. The van der Waals surface area contributed by atoms with Crippen LogP contribution in [0.5, 0.6) is 5.88 Å². The summed E-state index contributed by atoms with van der Waals surface area (Å²) in [5, 5.41) is 7.76. The van der Waals surface area contributed by atoms with Crippen LogP contribution in [0.25, 0.3) is 0 Å². The zero-order valence-corrected chi connectivity index (χ0v) is 16.9. The molecule has 7 heteroatoms. The van der Waals surface area contributed by atoms with Gasteiger partial charge in [-0.05, 0) is 49.9 Å². The number of nitrogens with zero attached hydrogens (tertiary/aromatic N) is 2. The number of nitrogens with one attached hydrogen (secondary N) is 1. The first kappa shape index (κ1) is 19.7. The topological polar surface area (TPSA) is 82.5 Å². The van der Waals surface area contributed by atoms with E-state index in [0.29, 0.717) is 47.4 Å². The van der Waals surface area contributed by atoms with Gasteiger partial charge in [0.25, 0.3) is 11.4 Å². The number of anilines is 1. The summed E-state index contributed by atoms with van der Waals surface area (Å²) in [6.07, 6.45) is 2.38. The Morgan fingerprint density at radius 1 is 1.33 bits per heavy atom. The molecule has 1 heterocycles. The zero-order chi connectivity index (χ0) is 19.8. The summed E-state index contributed by atoms with van der Waals surface area (Å²) in [7, 11) is 0. The molecular weight excluding hydrogens is 346 g/mol. The van der Waals surface area contributed by atoms with E-state index in [1.807, 2.05) is 6.92 Å². The van der Waals surface area contributed by atoms with E-state index < -0.39 is 5.97 Å². The van der Waals surface area contributed by atoms with Crippen molar-refractivity contribution in [3.8, 4) is 5.88 Å². The highest BCUT2D eigenvalue weighted by atomic mass is 16.5. The lowest BCUT2D eigenvalue weighted by molar-refractivity contribution is -0.144. The first-order chi connectivity index (χ1) is 12.8. The lowest BCUT2D eigenvalue weighted by atomic mass is 9.45. The number of hydrogen-bond donors (Lipinski definition) is 1. The van der Waals surface area contributed by atoms with Crippen molar-refractivity contribution in [3.05, 3.63) is 16.4 Å². The first-order valence-corrected chi connectivity index (χ1v) is 9.95. The highest BCUT2D eigenvalue weighted by Crippen LogP contribution is 2.61. The van der Waals surface area contributed by atoms with Crippen molar-refractivity contribution in [2.75, 3.05) is 18.5 Å². The molecule has 4 atom stereocenters. The maximum absolute atomic E-state index is 12.4. The van der Waals surface area contributed by atoms with Crippen molar-refractivity contribution in [1.82, 2.24) is 9.78 Å². The molecule has 0 saturated heterocycles. The van der Waals surface area contributed by atoms with Crippen molar-refractivity contribution >= 4 is 11.7 Å². The van der Waals surface area contributed by atoms with Gasteiger partial charge < -0.3 is 14.8 Å². The second kappa shape index (κ2) is 7.52. The predicted molar refractivity (Wildman–Crippen MR) is 103 cm³/mol. The van der Waals surface area contributed by atoms with Crippen LogP contribution in [0, 0.1) is 23.2 Å². The van der Waals surface area contributed by atoms with E-state index in [4.69, 9.17) is 9.47 Å². The SMILES string of the molecule is CCOC(=O)Cn1nc(OCC)c(N[C@@H]2C[C@@H]3C[C@H]([C@H]2C)C3(C)C)cc1=O. The van der Waals surface area contributed by atoms with Crippen LogP contribution >= 0.6 is 0 Å². The molecule has 0 spiro atoms. The second-order valence-corrected chi connectivity index (χ2v) is 8.30. The fourth-order valence-corrected chi connectivity index (χ4v) is 4.80. The number of hydrogen-bond acceptors (Lipinski definition) is 6. The zero-order valence-electron chi connectivity index (χ0n) is 16.9. The minimum absolute atomic E-state index is 0.217. The van der Waals surface area contributed by atoms with Gasteiger partial charge in [-0.1, -0.05) is 20.8 Å². The molecule has 0 radical (unpaired) electrons.